The van der Waals surface area contributed by atoms with E-state index in [1.165, 1.54) is 11.8 Å². The lowest BCUT2D eigenvalue weighted by Gasteiger charge is -2.49. The molecule has 3 N–H and O–H groups in total. The van der Waals surface area contributed by atoms with E-state index < -0.39 is 25.2 Å². The number of allylic oxidation sites excluding steroid dienone is 2. The Balaban J connectivity index is 1.66. The van der Waals surface area contributed by atoms with E-state index in [2.05, 4.69) is 0 Å². The number of carbonyl (C=O) groups excluding carboxylic acids is 2. The van der Waals surface area contributed by atoms with Gasteiger partial charge >= 0.3 is 6.09 Å². The number of aliphatic hydroxyl groups is 1. The fourth-order valence-electron chi connectivity index (χ4n) is 5.67. The Morgan fingerprint density at radius 2 is 1.91 bits per heavy atom. The summed E-state index contributed by atoms with van der Waals surface area (Å²) in [6, 6.07) is 5.06. The zero-order chi connectivity index (χ0) is 31.5. The summed E-state index contributed by atoms with van der Waals surface area (Å²) >= 11 is 6.61. The number of aromatic nitrogens is 2. The first kappa shape index (κ1) is 32.4. The van der Waals surface area contributed by atoms with Gasteiger partial charge in [-0.05, 0) is 51.8 Å². The first-order valence-corrected chi connectivity index (χ1v) is 14.6. The third-order valence-corrected chi connectivity index (χ3v) is 8.06. The molecule has 0 saturated carbocycles. The maximum atomic E-state index is 12.7. The van der Waals surface area contributed by atoms with Gasteiger partial charge in [0.25, 0.3) is 6.43 Å². The van der Waals surface area contributed by atoms with Crippen molar-refractivity contribution in [3.63, 3.8) is 0 Å². The molecule has 1 aromatic heterocycles. The highest BCUT2D eigenvalue weighted by Gasteiger charge is 2.50. The summed E-state index contributed by atoms with van der Waals surface area (Å²) in [5.41, 5.74) is 8.02. The number of hydrogen-bond donors (Lipinski definition) is 2. The predicted octanol–water partition coefficient (Wildman–Crippen LogP) is 4.84. The molecule has 43 heavy (non-hydrogen) atoms. The maximum absolute atomic E-state index is 12.7. The first-order chi connectivity index (χ1) is 20.3. The van der Waals surface area contributed by atoms with Crippen LogP contribution in [0.25, 0.3) is 17.0 Å². The van der Waals surface area contributed by atoms with Gasteiger partial charge in [0.05, 0.1) is 22.4 Å². The summed E-state index contributed by atoms with van der Waals surface area (Å²) in [7, 11) is 0. The van der Waals surface area contributed by atoms with Crippen LogP contribution < -0.4 is 15.4 Å². The highest BCUT2D eigenvalue weighted by Crippen LogP contribution is 2.44. The second-order valence-corrected chi connectivity index (χ2v) is 11.8. The number of hydrogen-bond acceptors (Lipinski definition) is 9. The summed E-state index contributed by atoms with van der Waals surface area (Å²) in [5, 5.41) is 10.5. The summed E-state index contributed by atoms with van der Waals surface area (Å²) in [6.07, 6.45) is -1.95. The Labute approximate surface area is 254 Å². The molecule has 1 spiro atoms. The predicted molar refractivity (Wildman–Crippen MR) is 159 cm³/mol. The van der Waals surface area contributed by atoms with E-state index >= 15 is 0 Å². The Bertz CT molecular complexity index is 1400. The molecule has 0 unspecified atom stereocenters. The first-order valence-electron chi connectivity index (χ1n) is 14.3. The van der Waals surface area contributed by atoms with Crippen LogP contribution in [0.2, 0.25) is 5.02 Å². The molecule has 1 amide bonds. The molecule has 3 heterocycles. The van der Waals surface area contributed by atoms with Crippen molar-refractivity contribution in [3.05, 3.63) is 40.2 Å². The second-order valence-electron chi connectivity index (χ2n) is 11.3. The van der Waals surface area contributed by atoms with Crippen molar-refractivity contribution in [1.82, 2.24) is 14.9 Å². The molecule has 2 fully saturated rings. The van der Waals surface area contributed by atoms with Gasteiger partial charge in [-0.2, -0.15) is 0 Å². The highest BCUT2D eigenvalue weighted by atomic mass is 35.5. The van der Waals surface area contributed by atoms with Crippen molar-refractivity contribution < 1.29 is 33.0 Å². The number of nitrogens with zero attached hydrogens (tertiary/aromatic N) is 4. The minimum absolute atomic E-state index is 0.117. The third-order valence-electron chi connectivity index (χ3n) is 7.73. The fraction of sp³-hybridized carbons (Fsp3) is 0.533. The quantitative estimate of drug-likeness (QED) is 0.338. The Morgan fingerprint density at radius 3 is 2.53 bits per heavy atom. The molecule has 1 aromatic carbocycles. The number of ketones is 1. The number of aliphatic hydroxyl groups excluding tert-OH is 1. The van der Waals surface area contributed by atoms with Crippen molar-refractivity contribution in [3.8, 4) is 17.1 Å². The third kappa shape index (κ3) is 7.35. The lowest BCUT2D eigenvalue weighted by atomic mass is 9.79. The molecular weight excluding hydrogens is 584 g/mol. The Kier molecular flexibility index (Phi) is 10.1. The van der Waals surface area contributed by atoms with E-state index in [4.69, 9.17) is 36.8 Å². The van der Waals surface area contributed by atoms with Crippen molar-refractivity contribution in [2.45, 2.75) is 59.5 Å². The number of amides is 1. The van der Waals surface area contributed by atoms with Crippen LogP contribution >= 0.6 is 11.6 Å². The number of benzene rings is 1. The maximum Gasteiger partial charge on any atom is 0.409 e. The molecule has 13 heteroatoms. The minimum Gasteiger partial charge on any atom is -0.491 e. The Hall–Kier alpha value is -3.51. The van der Waals surface area contributed by atoms with Crippen molar-refractivity contribution in [2.75, 3.05) is 44.3 Å². The van der Waals surface area contributed by atoms with E-state index in [0.717, 1.165) is 6.42 Å². The van der Waals surface area contributed by atoms with Gasteiger partial charge in [0.1, 0.15) is 18.2 Å². The lowest BCUT2D eigenvalue weighted by molar-refractivity contribution is -0.111. The summed E-state index contributed by atoms with van der Waals surface area (Å²) in [6.45, 7) is 7.95. The number of alkyl halides is 2. The molecule has 10 nitrogen and oxygen atoms in total. The van der Waals surface area contributed by atoms with Crippen LogP contribution in [0.5, 0.6) is 5.75 Å². The van der Waals surface area contributed by atoms with E-state index in [0.29, 0.717) is 78.1 Å². The lowest BCUT2D eigenvalue weighted by Crippen LogP contribution is -2.58. The van der Waals surface area contributed by atoms with Crippen LogP contribution in [0.4, 0.5) is 19.4 Å². The minimum atomic E-state index is -2.72. The average Bonchev–Trinajstić information content (AvgIpc) is 3.37. The second kappa shape index (κ2) is 13.4. The molecule has 2 aliphatic rings. The van der Waals surface area contributed by atoms with Gasteiger partial charge in [0.15, 0.2) is 18.2 Å². The van der Waals surface area contributed by atoms with E-state index in [-0.39, 0.29) is 29.2 Å². The zero-order valence-corrected chi connectivity index (χ0v) is 25.6. The van der Waals surface area contributed by atoms with Crippen LogP contribution in [0, 0.1) is 12.3 Å². The topological polar surface area (TPSA) is 131 Å². The molecule has 2 aromatic rings. The number of ether oxygens (including phenoxy) is 2. The SMILES string of the molecule is CCC[C@@H](O)COc1ccc(Cl)c(-c2nc(C(C(C)=O)=C(C)N)c(C)c(N3CC4(CCN(C(=O)OCC(F)F)C4)C3)n2)c1. The van der Waals surface area contributed by atoms with Crippen LogP contribution in [0.15, 0.2) is 23.9 Å². The van der Waals surface area contributed by atoms with Crippen LogP contribution in [0.1, 0.15) is 51.3 Å². The van der Waals surface area contributed by atoms with Gasteiger partial charge in [0, 0.05) is 48.4 Å². The average molecular weight is 622 g/mol. The van der Waals surface area contributed by atoms with Gasteiger partial charge in [-0.25, -0.2) is 23.5 Å². The van der Waals surface area contributed by atoms with Crippen LogP contribution in [0.3, 0.4) is 0 Å². The Morgan fingerprint density at radius 1 is 1.19 bits per heavy atom. The summed E-state index contributed by atoms with van der Waals surface area (Å²) in [5.74, 6) is 1.09. The summed E-state index contributed by atoms with van der Waals surface area (Å²) < 4.78 is 35.5. The number of anilines is 1. The number of Topliss-reactive ketones (excluding diaryl/α,β-unsaturated/α-hetero) is 1. The van der Waals surface area contributed by atoms with Crippen molar-refractivity contribution in [2.24, 2.45) is 11.1 Å². The van der Waals surface area contributed by atoms with Crippen molar-refractivity contribution >= 4 is 34.9 Å². The molecule has 1 atom stereocenters. The molecule has 234 valence electrons. The standard InChI is InChI=1S/C30H38ClF2N5O5/c1-5-6-20(40)12-42-21-7-8-23(31)22(11-21)27-35-26(25(18(3)34)19(4)39)17(2)28(36-27)38-15-30(16-38)9-10-37(14-30)29(41)43-13-24(32)33/h7-8,11,20,24,40H,5-6,9-10,12-16,34H2,1-4H3/t20-/m1/s1. The van der Waals surface area contributed by atoms with Gasteiger partial charge in [-0.3, -0.25) is 4.79 Å². The van der Waals surface area contributed by atoms with Gasteiger partial charge < -0.3 is 30.1 Å². The molecule has 2 aliphatic heterocycles. The number of halogens is 3. The van der Waals surface area contributed by atoms with Crippen LogP contribution in [-0.2, 0) is 9.53 Å². The largest absolute Gasteiger partial charge is 0.491 e. The number of rotatable bonds is 11. The van der Waals surface area contributed by atoms with E-state index in [9.17, 15) is 23.5 Å². The van der Waals surface area contributed by atoms with Crippen molar-refractivity contribution in [1.29, 1.82) is 0 Å². The fourth-order valence-corrected chi connectivity index (χ4v) is 5.87. The number of carbonyl (C=O) groups is 2. The smallest absolute Gasteiger partial charge is 0.409 e. The van der Waals surface area contributed by atoms with E-state index in [1.807, 2.05) is 18.7 Å². The molecule has 2 saturated heterocycles. The monoisotopic (exact) mass is 621 g/mol. The number of likely N-dealkylation sites (tertiary alicyclic amines) is 1. The molecular formula is C30H38ClF2N5O5. The number of nitrogens with two attached hydrogens (primary N) is 1. The molecule has 0 bridgehead atoms. The van der Waals surface area contributed by atoms with E-state index in [1.54, 1.807) is 25.1 Å². The van der Waals surface area contributed by atoms with Gasteiger partial charge in [-0.15, -0.1) is 0 Å². The molecule has 0 aliphatic carbocycles. The van der Waals surface area contributed by atoms with Gasteiger partial charge in [0.2, 0.25) is 0 Å². The normalized spacial score (nSPS) is 17.1. The molecule has 4 rings (SSSR count). The van der Waals surface area contributed by atoms with Crippen LogP contribution in [-0.4, -0.2) is 83.8 Å². The van der Waals surface area contributed by atoms with Gasteiger partial charge in [-0.1, -0.05) is 24.9 Å². The molecule has 0 radical (unpaired) electrons. The zero-order valence-electron chi connectivity index (χ0n) is 24.8. The summed E-state index contributed by atoms with van der Waals surface area (Å²) in [4.78, 5) is 38.1. The highest BCUT2D eigenvalue weighted by molar-refractivity contribution is 6.33.